The Morgan fingerprint density at radius 3 is 2.36 bits per heavy atom. The van der Waals surface area contributed by atoms with Gasteiger partial charge in [-0.15, -0.1) is 0 Å². The molecule has 0 amide bonds. The molecule has 0 unspecified atom stereocenters. The molecule has 0 aliphatic rings. The van der Waals surface area contributed by atoms with Crippen LogP contribution < -0.4 is 5.56 Å². The molecule has 0 saturated carbocycles. The van der Waals surface area contributed by atoms with Gasteiger partial charge in [0.05, 0.1) is 0 Å². The van der Waals surface area contributed by atoms with Crippen molar-refractivity contribution in [2.75, 3.05) is 6.61 Å². The average Bonchev–Trinajstić information content (AvgIpc) is 2.83. The number of ether oxygens (including phenoxy) is 1. The summed E-state index contributed by atoms with van der Waals surface area (Å²) in [5, 5.41) is 4.24. The van der Waals surface area contributed by atoms with Gasteiger partial charge in [-0.1, -0.05) is 47.3 Å². The van der Waals surface area contributed by atoms with Crippen LogP contribution in [0.5, 0.6) is 0 Å². The minimum Gasteiger partial charge on any atom is -0.361 e. The fourth-order valence-corrected chi connectivity index (χ4v) is 3.36. The minimum atomic E-state index is -1.18. The highest BCUT2D eigenvalue weighted by atomic mass is 28.3. The topological polar surface area (TPSA) is 48.5 Å². The Labute approximate surface area is 149 Å². The maximum Gasteiger partial charge on any atom is 0.277 e. The molecule has 0 fully saturated rings. The second kappa shape index (κ2) is 7.41. The number of nitrogens with zero attached hydrogens (tertiary/aromatic N) is 3. The Balaban J connectivity index is 2.46. The Hall–Kier alpha value is -1.47. The molecule has 0 bridgehead atoms. The normalized spacial score (nSPS) is 12.7. The standard InChI is InChI=1S/C18H30FN3O2Si/c1-12(2)14-10-21(11-24-8-9-25(5,6)7)17-15(19)16(13(3)4)20-22(17)18(14)23/h10,12-13H,8-9,11H2,1-7H3. The van der Waals surface area contributed by atoms with Crippen molar-refractivity contribution in [1.82, 2.24) is 14.2 Å². The van der Waals surface area contributed by atoms with Crippen molar-refractivity contribution in [2.24, 2.45) is 0 Å². The van der Waals surface area contributed by atoms with E-state index in [9.17, 15) is 9.18 Å². The smallest absolute Gasteiger partial charge is 0.277 e. The van der Waals surface area contributed by atoms with E-state index in [-0.39, 0.29) is 29.8 Å². The number of hydrogen-bond donors (Lipinski definition) is 0. The van der Waals surface area contributed by atoms with Gasteiger partial charge in [-0.25, -0.2) is 4.39 Å². The number of aromatic nitrogens is 3. The van der Waals surface area contributed by atoms with Crippen LogP contribution >= 0.6 is 0 Å². The highest BCUT2D eigenvalue weighted by Gasteiger charge is 2.22. The molecule has 2 rings (SSSR count). The molecule has 0 radical (unpaired) electrons. The Morgan fingerprint density at radius 1 is 1.20 bits per heavy atom. The number of fused-ring (bicyclic) bond motifs is 1. The predicted octanol–water partition coefficient (Wildman–Crippen LogP) is 4.19. The van der Waals surface area contributed by atoms with E-state index in [1.165, 1.54) is 4.52 Å². The van der Waals surface area contributed by atoms with Crippen molar-refractivity contribution >= 4 is 13.7 Å². The zero-order valence-electron chi connectivity index (χ0n) is 16.4. The van der Waals surface area contributed by atoms with Gasteiger partial charge < -0.3 is 9.30 Å². The SMILES string of the molecule is CC(C)c1nn2c(=O)c(C(C)C)cn(COCC[Si](C)(C)C)c2c1F. The van der Waals surface area contributed by atoms with Crippen molar-refractivity contribution in [3.63, 3.8) is 0 Å². The van der Waals surface area contributed by atoms with Crippen LogP contribution in [0.4, 0.5) is 4.39 Å². The first-order valence-corrected chi connectivity index (χ1v) is 12.6. The minimum absolute atomic E-state index is 0.0277. The maximum atomic E-state index is 14.9. The lowest BCUT2D eigenvalue weighted by Gasteiger charge is -2.17. The molecule has 5 nitrogen and oxygen atoms in total. The van der Waals surface area contributed by atoms with Crippen molar-refractivity contribution in [3.8, 4) is 0 Å². The molecule has 2 aromatic rings. The van der Waals surface area contributed by atoms with Gasteiger partial charge in [-0.3, -0.25) is 4.79 Å². The molecule has 0 saturated heterocycles. The summed E-state index contributed by atoms with van der Waals surface area (Å²) in [7, 11) is -1.18. The van der Waals surface area contributed by atoms with E-state index in [0.29, 0.717) is 17.9 Å². The second-order valence-corrected chi connectivity index (χ2v) is 14.1. The van der Waals surface area contributed by atoms with Crippen molar-refractivity contribution in [2.45, 2.75) is 71.9 Å². The molecule has 0 N–H and O–H groups in total. The van der Waals surface area contributed by atoms with Gasteiger partial charge in [0, 0.05) is 32.4 Å². The van der Waals surface area contributed by atoms with Crippen LogP contribution in [0, 0.1) is 5.82 Å². The lowest BCUT2D eigenvalue weighted by Crippen LogP contribution is -2.25. The summed E-state index contributed by atoms with van der Waals surface area (Å²) in [6.45, 7) is 15.3. The largest absolute Gasteiger partial charge is 0.361 e. The summed E-state index contributed by atoms with van der Waals surface area (Å²) in [5.41, 5.74) is 0.855. The predicted molar refractivity (Wildman–Crippen MR) is 102 cm³/mol. The highest BCUT2D eigenvalue weighted by Crippen LogP contribution is 2.22. The van der Waals surface area contributed by atoms with Crippen molar-refractivity contribution in [3.05, 3.63) is 33.6 Å². The van der Waals surface area contributed by atoms with Gasteiger partial charge >= 0.3 is 0 Å². The molecule has 0 atom stereocenters. The molecule has 2 aromatic heterocycles. The van der Waals surface area contributed by atoms with Crippen LogP contribution in [0.1, 0.15) is 50.8 Å². The molecule has 0 aromatic carbocycles. The van der Waals surface area contributed by atoms with E-state index in [1.54, 1.807) is 10.8 Å². The molecule has 0 spiro atoms. The molecule has 140 valence electrons. The van der Waals surface area contributed by atoms with Crippen LogP contribution in [0.25, 0.3) is 5.65 Å². The van der Waals surface area contributed by atoms with E-state index in [4.69, 9.17) is 4.74 Å². The van der Waals surface area contributed by atoms with Gasteiger partial charge in [0.2, 0.25) is 0 Å². The fraction of sp³-hybridized carbons (Fsp3) is 0.667. The summed E-state index contributed by atoms with van der Waals surface area (Å²) < 4.78 is 23.5. The number of halogens is 1. The third-order valence-electron chi connectivity index (χ3n) is 4.23. The first-order valence-electron chi connectivity index (χ1n) is 8.92. The lowest BCUT2D eigenvalue weighted by molar-refractivity contribution is 0.0883. The van der Waals surface area contributed by atoms with Crippen molar-refractivity contribution in [1.29, 1.82) is 0 Å². The number of rotatable bonds is 7. The molecular formula is C18H30FN3O2Si. The summed E-state index contributed by atoms with van der Waals surface area (Å²) in [6.07, 6.45) is 1.71. The zero-order valence-corrected chi connectivity index (χ0v) is 17.4. The molecular weight excluding hydrogens is 337 g/mol. The average molecular weight is 368 g/mol. The van der Waals surface area contributed by atoms with Gasteiger partial charge in [0.1, 0.15) is 12.4 Å². The van der Waals surface area contributed by atoms with E-state index in [2.05, 4.69) is 24.7 Å². The molecule has 0 aliphatic carbocycles. The van der Waals surface area contributed by atoms with Gasteiger partial charge in [-0.05, 0) is 12.0 Å². The highest BCUT2D eigenvalue weighted by molar-refractivity contribution is 6.76. The number of hydrogen-bond acceptors (Lipinski definition) is 3. The Kier molecular flexibility index (Phi) is 5.88. The maximum absolute atomic E-state index is 14.9. The zero-order chi connectivity index (χ0) is 18.9. The van der Waals surface area contributed by atoms with Crippen LogP contribution in [0.3, 0.4) is 0 Å². The van der Waals surface area contributed by atoms with Crippen LogP contribution in [-0.4, -0.2) is 28.9 Å². The quantitative estimate of drug-likeness (QED) is 0.544. The van der Waals surface area contributed by atoms with Crippen LogP contribution in [0.15, 0.2) is 11.0 Å². The summed E-state index contributed by atoms with van der Waals surface area (Å²) in [5.74, 6) is -0.501. The summed E-state index contributed by atoms with van der Waals surface area (Å²) in [6, 6.07) is 1.04. The Morgan fingerprint density at radius 2 is 1.84 bits per heavy atom. The van der Waals surface area contributed by atoms with Crippen LogP contribution in [-0.2, 0) is 11.5 Å². The molecule has 2 heterocycles. The summed E-state index contributed by atoms with van der Waals surface area (Å²) >= 11 is 0. The van der Waals surface area contributed by atoms with E-state index < -0.39 is 13.9 Å². The van der Waals surface area contributed by atoms with E-state index in [1.807, 2.05) is 27.7 Å². The van der Waals surface area contributed by atoms with Crippen molar-refractivity contribution < 1.29 is 9.13 Å². The third-order valence-corrected chi connectivity index (χ3v) is 5.94. The van der Waals surface area contributed by atoms with E-state index in [0.717, 1.165) is 6.04 Å². The van der Waals surface area contributed by atoms with Gasteiger partial charge in [-0.2, -0.15) is 9.61 Å². The third kappa shape index (κ3) is 4.38. The Bertz CT molecular complexity index is 803. The first-order chi connectivity index (χ1) is 11.5. The van der Waals surface area contributed by atoms with Crippen LogP contribution in [0.2, 0.25) is 25.7 Å². The van der Waals surface area contributed by atoms with E-state index >= 15 is 0 Å². The van der Waals surface area contributed by atoms with Gasteiger partial charge in [0.25, 0.3) is 5.56 Å². The molecule has 25 heavy (non-hydrogen) atoms. The molecule has 0 aliphatic heterocycles. The monoisotopic (exact) mass is 367 g/mol. The molecule has 7 heteroatoms. The second-order valence-electron chi connectivity index (χ2n) is 8.45. The summed E-state index contributed by atoms with van der Waals surface area (Å²) in [4.78, 5) is 12.7. The first kappa shape index (κ1) is 19.8. The van der Waals surface area contributed by atoms with Gasteiger partial charge in [0.15, 0.2) is 11.5 Å². The lowest BCUT2D eigenvalue weighted by atomic mass is 10.1. The fourth-order valence-electron chi connectivity index (χ4n) is 2.61.